The van der Waals surface area contributed by atoms with E-state index in [9.17, 15) is 19.8 Å². The molecule has 0 bridgehead atoms. The molecule has 0 rings (SSSR count). The van der Waals surface area contributed by atoms with Gasteiger partial charge in [-0.15, -0.1) is 0 Å². The molecule has 0 aromatic heterocycles. The maximum absolute atomic E-state index is 12.5. The van der Waals surface area contributed by atoms with Gasteiger partial charge in [0.15, 0.2) is 0 Å². The van der Waals surface area contributed by atoms with E-state index in [1.165, 1.54) is 334 Å². The van der Waals surface area contributed by atoms with E-state index in [0.717, 1.165) is 44.9 Å². The molecule has 0 radical (unpaired) electrons. The number of aliphatic hydroxyl groups is 2. The number of hydrogen-bond donors (Lipinski definition) is 3. The molecule has 80 heavy (non-hydrogen) atoms. The Bertz CT molecular complexity index is 1250. The maximum atomic E-state index is 12.5. The molecule has 0 heterocycles. The second-order valence-corrected chi connectivity index (χ2v) is 25.3. The van der Waals surface area contributed by atoms with Crippen molar-refractivity contribution in [3.05, 3.63) is 24.3 Å². The monoisotopic (exact) mass is 1130 g/mol. The molecule has 0 spiro atoms. The van der Waals surface area contributed by atoms with Crippen LogP contribution in [0.5, 0.6) is 0 Å². The zero-order chi connectivity index (χ0) is 57.8. The average molecular weight is 1130 g/mol. The Morgan fingerprint density at radius 1 is 0.338 bits per heavy atom. The molecule has 474 valence electrons. The fourth-order valence-corrected chi connectivity index (χ4v) is 11.6. The van der Waals surface area contributed by atoms with Crippen LogP contribution in [0.3, 0.4) is 0 Å². The quantitative estimate of drug-likeness (QED) is 0.0320. The summed E-state index contributed by atoms with van der Waals surface area (Å²) in [5, 5.41) is 23.3. The normalized spacial score (nSPS) is 12.6. The molecule has 0 aromatic rings. The number of rotatable bonds is 69. The van der Waals surface area contributed by atoms with E-state index in [1.807, 2.05) is 0 Å². The van der Waals surface area contributed by atoms with Crippen LogP contribution in [-0.4, -0.2) is 47.4 Å². The van der Waals surface area contributed by atoms with Crippen LogP contribution >= 0.6 is 0 Å². The van der Waals surface area contributed by atoms with Gasteiger partial charge in [0, 0.05) is 12.8 Å². The molecule has 2 unspecified atom stereocenters. The van der Waals surface area contributed by atoms with Gasteiger partial charge in [-0.1, -0.05) is 346 Å². The number of aliphatic hydroxyl groups excluding tert-OH is 2. The minimum atomic E-state index is -0.659. The topological polar surface area (TPSA) is 95.9 Å². The Labute approximate surface area is 501 Å². The van der Waals surface area contributed by atoms with Gasteiger partial charge < -0.3 is 20.3 Å². The van der Waals surface area contributed by atoms with Gasteiger partial charge in [-0.3, -0.25) is 9.59 Å². The van der Waals surface area contributed by atoms with Gasteiger partial charge in [-0.25, -0.2) is 0 Å². The number of allylic oxidation sites excluding steroid dienone is 4. The number of unbranched alkanes of at least 4 members (excludes halogenated alkanes) is 54. The molecule has 6 heteroatoms. The number of amides is 1. The van der Waals surface area contributed by atoms with Crippen molar-refractivity contribution in [3.63, 3.8) is 0 Å². The van der Waals surface area contributed by atoms with Crippen LogP contribution in [0, 0.1) is 0 Å². The third-order valence-electron chi connectivity index (χ3n) is 17.2. The SMILES string of the molecule is CCCCC/C=C\CCCCCCCC(=O)OCCCCCCCCCCCCCCCCCCCC/C=C\CCCCCCCCCCCCCCCCCCCC(=O)NC(CO)C(O)CCCCCCCCCCCCCC. The summed E-state index contributed by atoms with van der Waals surface area (Å²) in [6.07, 6.45) is 88.4. The van der Waals surface area contributed by atoms with Crippen molar-refractivity contribution in [2.45, 2.75) is 424 Å². The van der Waals surface area contributed by atoms with Crippen LogP contribution in [-0.2, 0) is 14.3 Å². The molecule has 1 amide bonds. The fraction of sp³-hybridized carbons (Fsp3) is 0.919. The van der Waals surface area contributed by atoms with E-state index in [4.69, 9.17) is 4.74 Å². The lowest BCUT2D eigenvalue weighted by molar-refractivity contribution is -0.143. The molecule has 0 saturated carbocycles. The van der Waals surface area contributed by atoms with E-state index in [1.54, 1.807) is 0 Å². The summed E-state index contributed by atoms with van der Waals surface area (Å²) in [6.45, 7) is 4.95. The summed E-state index contributed by atoms with van der Waals surface area (Å²) in [7, 11) is 0. The van der Waals surface area contributed by atoms with Crippen molar-refractivity contribution in [2.75, 3.05) is 13.2 Å². The molecule has 0 saturated heterocycles. The van der Waals surface area contributed by atoms with Crippen LogP contribution in [0.2, 0.25) is 0 Å². The Morgan fingerprint density at radius 2 is 0.588 bits per heavy atom. The van der Waals surface area contributed by atoms with E-state index < -0.39 is 12.1 Å². The van der Waals surface area contributed by atoms with Gasteiger partial charge in [0.05, 0.1) is 25.4 Å². The highest BCUT2D eigenvalue weighted by Crippen LogP contribution is 2.19. The van der Waals surface area contributed by atoms with Gasteiger partial charge in [0.2, 0.25) is 5.91 Å². The minimum Gasteiger partial charge on any atom is -0.466 e. The Balaban J connectivity index is 3.30. The van der Waals surface area contributed by atoms with Crippen molar-refractivity contribution in [2.24, 2.45) is 0 Å². The van der Waals surface area contributed by atoms with Crippen molar-refractivity contribution in [3.8, 4) is 0 Å². The van der Waals surface area contributed by atoms with Crippen LogP contribution in [0.25, 0.3) is 0 Å². The Morgan fingerprint density at radius 3 is 0.912 bits per heavy atom. The molecule has 0 aliphatic heterocycles. The number of ether oxygens (including phenoxy) is 1. The van der Waals surface area contributed by atoms with E-state index in [-0.39, 0.29) is 18.5 Å². The van der Waals surface area contributed by atoms with Gasteiger partial charge >= 0.3 is 5.97 Å². The van der Waals surface area contributed by atoms with Crippen LogP contribution in [0.4, 0.5) is 0 Å². The first-order valence-corrected chi connectivity index (χ1v) is 36.6. The molecule has 3 N–H and O–H groups in total. The number of hydrogen-bond acceptors (Lipinski definition) is 5. The lowest BCUT2D eigenvalue weighted by Gasteiger charge is -2.22. The van der Waals surface area contributed by atoms with Crippen LogP contribution in [0.1, 0.15) is 412 Å². The largest absolute Gasteiger partial charge is 0.466 e. The van der Waals surface area contributed by atoms with Crippen molar-refractivity contribution < 1.29 is 24.5 Å². The number of esters is 1. The number of carbonyl (C=O) groups is 2. The molecular formula is C74H143NO5. The summed E-state index contributed by atoms with van der Waals surface area (Å²) in [5.74, 6) is -0.0161. The third kappa shape index (κ3) is 65.5. The van der Waals surface area contributed by atoms with Crippen LogP contribution < -0.4 is 5.32 Å². The molecular weight excluding hydrogens is 983 g/mol. The zero-order valence-electron chi connectivity index (χ0n) is 54.3. The van der Waals surface area contributed by atoms with Gasteiger partial charge in [-0.05, 0) is 77.0 Å². The van der Waals surface area contributed by atoms with E-state index >= 15 is 0 Å². The molecule has 2 atom stereocenters. The van der Waals surface area contributed by atoms with E-state index in [0.29, 0.717) is 25.9 Å². The predicted molar refractivity (Wildman–Crippen MR) is 352 cm³/mol. The second-order valence-electron chi connectivity index (χ2n) is 25.3. The highest BCUT2D eigenvalue weighted by Gasteiger charge is 2.20. The van der Waals surface area contributed by atoms with Crippen molar-refractivity contribution >= 4 is 11.9 Å². The molecule has 6 nitrogen and oxygen atoms in total. The first kappa shape index (κ1) is 78.3. The second kappa shape index (κ2) is 69.8. The Kier molecular flexibility index (Phi) is 68.4. The highest BCUT2D eigenvalue weighted by molar-refractivity contribution is 5.76. The standard InChI is InChI=1S/C74H143NO5/c1-3-5-7-9-11-13-15-46-50-54-58-62-66-72(77)71(70-76)75-73(78)67-63-59-55-51-47-44-42-40-38-36-34-32-30-28-26-24-22-20-18-17-19-21-23-25-27-29-31-33-35-37-39-41-43-45-49-53-57-61-65-69-80-74(79)68-64-60-56-52-48-16-14-12-10-8-6-4-2/h12,14,17-18,71-72,76-77H,3-11,13,15-16,19-70H2,1-2H3,(H,75,78)/b14-12-,18-17-. The first-order valence-electron chi connectivity index (χ1n) is 36.6. The van der Waals surface area contributed by atoms with Crippen LogP contribution in [0.15, 0.2) is 24.3 Å². The molecule has 0 aliphatic rings. The Hall–Kier alpha value is -1.66. The summed E-state index contributed by atoms with van der Waals surface area (Å²) < 4.78 is 5.48. The zero-order valence-corrected chi connectivity index (χ0v) is 54.3. The predicted octanol–water partition coefficient (Wildman–Crippen LogP) is 23.7. The van der Waals surface area contributed by atoms with Crippen molar-refractivity contribution in [1.82, 2.24) is 5.32 Å². The average Bonchev–Trinajstić information content (AvgIpc) is 3.46. The van der Waals surface area contributed by atoms with Gasteiger partial charge in [0.25, 0.3) is 0 Å². The van der Waals surface area contributed by atoms with Crippen molar-refractivity contribution in [1.29, 1.82) is 0 Å². The van der Waals surface area contributed by atoms with E-state index in [2.05, 4.69) is 43.5 Å². The molecule has 0 fully saturated rings. The molecule has 0 aliphatic carbocycles. The van der Waals surface area contributed by atoms with Gasteiger partial charge in [0.1, 0.15) is 0 Å². The molecule has 0 aromatic carbocycles. The minimum absolute atomic E-state index is 0.0128. The number of carbonyl (C=O) groups excluding carboxylic acids is 2. The summed E-state index contributed by atoms with van der Waals surface area (Å²) in [4.78, 5) is 24.5. The fourth-order valence-electron chi connectivity index (χ4n) is 11.6. The first-order chi connectivity index (χ1) is 39.5. The lowest BCUT2D eigenvalue weighted by atomic mass is 10.0. The summed E-state index contributed by atoms with van der Waals surface area (Å²) in [5.41, 5.74) is 0. The third-order valence-corrected chi connectivity index (χ3v) is 17.2. The highest BCUT2D eigenvalue weighted by atomic mass is 16.5. The smallest absolute Gasteiger partial charge is 0.305 e. The number of nitrogens with one attached hydrogen (secondary N) is 1. The lowest BCUT2D eigenvalue weighted by Crippen LogP contribution is -2.45. The maximum Gasteiger partial charge on any atom is 0.305 e. The van der Waals surface area contributed by atoms with Gasteiger partial charge in [-0.2, -0.15) is 0 Å². The summed E-state index contributed by atoms with van der Waals surface area (Å²) >= 11 is 0. The summed E-state index contributed by atoms with van der Waals surface area (Å²) in [6, 6.07) is -0.536.